The number of rotatable bonds is 7. The average Bonchev–Trinajstić information content (AvgIpc) is 3.07. The molecule has 160 valence electrons. The van der Waals surface area contributed by atoms with Gasteiger partial charge in [0.25, 0.3) is 0 Å². The largest absolute Gasteiger partial charge is 0.322 e. The van der Waals surface area contributed by atoms with Crippen molar-refractivity contribution in [2.45, 2.75) is 45.2 Å². The van der Waals surface area contributed by atoms with Crippen molar-refractivity contribution in [3.63, 3.8) is 0 Å². The fourth-order valence-corrected chi connectivity index (χ4v) is 7.62. The Kier molecular flexibility index (Phi) is 5.37. The molecule has 0 amide bonds. The molecule has 2 aliphatic rings. The molecule has 2 fully saturated rings. The van der Waals surface area contributed by atoms with Crippen molar-refractivity contribution in [1.29, 1.82) is 0 Å². The molecule has 1 unspecified atom stereocenters. The van der Waals surface area contributed by atoms with E-state index in [2.05, 4.69) is 18.6 Å². The van der Waals surface area contributed by atoms with Gasteiger partial charge in [-0.25, -0.2) is 13.1 Å². The summed E-state index contributed by atoms with van der Waals surface area (Å²) in [5.74, 6) is 0.196. The Morgan fingerprint density at radius 1 is 1.03 bits per heavy atom. The lowest BCUT2D eigenvalue weighted by Gasteiger charge is -2.37. The van der Waals surface area contributed by atoms with Gasteiger partial charge in [0.2, 0.25) is 10.0 Å². The summed E-state index contributed by atoms with van der Waals surface area (Å²) < 4.78 is 29.7. The third-order valence-corrected chi connectivity index (χ3v) is 9.07. The summed E-state index contributed by atoms with van der Waals surface area (Å²) in [6, 6.07) is 17.7. The van der Waals surface area contributed by atoms with E-state index in [4.69, 9.17) is 5.73 Å². The fraction of sp³-hybridized carbons (Fsp3) is 0.458. The maximum atomic E-state index is 13.4. The highest BCUT2D eigenvalue weighted by Crippen LogP contribution is 2.64. The van der Waals surface area contributed by atoms with Crippen LogP contribution in [0.15, 0.2) is 60.7 Å². The minimum absolute atomic E-state index is 0.0951. The lowest BCUT2D eigenvalue weighted by atomic mass is 9.70. The van der Waals surface area contributed by atoms with Crippen LogP contribution >= 0.6 is 0 Å². The molecule has 6 heteroatoms. The Hall–Kier alpha value is -2.02. The number of Topliss-reactive ketones (excluding diaryl/α,β-unsaturated/α-hetero) is 1. The molecule has 3 N–H and O–H groups in total. The number of carbonyl (C=O) groups is 1. The van der Waals surface area contributed by atoms with Gasteiger partial charge in [-0.2, -0.15) is 0 Å². The van der Waals surface area contributed by atoms with Crippen molar-refractivity contribution < 1.29 is 13.2 Å². The molecule has 2 aromatic rings. The normalized spacial score (nSPS) is 27.2. The second-order valence-electron chi connectivity index (χ2n) is 9.37. The lowest BCUT2D eigenvalue weighted by Crippen LogP contribution is -2.47. The molecule has 0 aliphatic heterocycles. The van der Waals surface area contributed by atoms with Crippen LogP contribution in [0.5, 0.6) is 0 Å². The van der Waals surface area contributed by atoms with Crippen LogP contribution in [-0.4, -0.2) is 20.0 Å². The van der Waals surface area contributed by atoms with Crippen molar-refractivity contribution in [3.8, 4) is 0 Å². The summed E-state index contributed by atoms with van der Waals surface area (Å²) in [5, 5.41) is 0. The molecule has 0 saturated heterocycles. The molecule has 5 nitrogen and oxygen atoms in total. The highest BCUT2D eigenvalue weighted by molar-refractivity contribution is 7.89. The first kappa shape index (κ1) is 21.2. The van der Waals surface area contributed by atoms with Gasteiger partial charge in [0.05, 0.1) is 17.8 Å². The summed E-state index contributed by atoms with van der Waals surface area (Å²) in [6.07, 6.45) is 2.05. The summed E-state index contributed by atoms with van der Waals surface area (Å²) in [7, 11) is -3.76. The van der Waals surface area contributed by atoms with E-state index in [-0.39, 0.29) is 22.9 Å². The minimum atomic E-state index is -3.76. The Balaban J connectivity index is 1.65. The molecular formula is C24H30N2O3S. The molecular weight excluding hydrogens is 396 g/mol. The number of carbonyl (C=O) groups excluding carboxylic acids is 1. The predicted molar refractivity (Wildman–Crippen MR) is 118 cm³/mol. The number of nitrogens with two attached hydrogens (primary N) is 1. The van der Waals surface area contributed by atoms with Crippen LogP contribution in [0.2, 0.25) is 0 Å². The van der Waals surface area contributed by atoms with E-state index in [0.717, 1.165) is 17.5 Å². The van der Waals surface area contributed by atoms with Crippen molar-refractivity contribution in [1.82, 2.24) is 4.72 Å². The number of sulfonamides is 1. The fourth-order valence-electron chi connectivity index (χ4n) is 5.54. The molecule has 4 atom stereocenters. The molecule has 0 radical (unpaired) electrons. The second-order valence-corrected chi connectivity index (χ2v) is 11.1. The number of benzene rings is 2. The average molecular weight is 427 g/mol. The van der Waals surface area contributed by atoms with Gasteiger partial charge in [-0.1, -0.05) is 74.5 Å². The van der Waals surface area contributed by atoms with Crippen LogP contribution in [0.25, 0.3) is 0 Å². The standard InChI is InChI=1S/C24H30N2O3S/c1-23(2)19-13-14-24(23,20(27)15-19)16-30(28,29)26-22(18-11-7-4-8-12-18)21(25)17-9-5-3-6-10-17/h3-12,19,21-22,26H,13-16,25H2,1-2H3/t19?,21-,22-,24-/m0/s1. The molecule has 0 spiro atoms. The van der Waals surface area contributed by atoms with E-state index in [9.17, 15) is 13.2 Å². The molecule has 2 aliphatic carbocycles. The van der Waals surface area contributed by atoms with Gasteiger partial charge in [-0.3, -0.25) is 4.79 Å². The van der Waals surface area contributed by atoms with Crippen LogP contribution in [0, 0.1) is 16.7 Å². The molecule has 2 aromatic carbocycles. The van der Waals surface area contributed by atoms with E-state index in [1.807, 2.05) is 60.7 Å². The zero-order valence-electron chi connectivity index (χ0n) is 17.5. The molecule has 2 saturated carbocycles. The van der Waals surface area contributed by atoms with Gasteiger partial charge < -0.3 is 5.73 Å². The van der Waals surface area contributed by atoms with Crippen LogP contribution in [-0.2, 0) is 14.8 Å². The summed E-state index contributed by atoms with van der Waals surface area (Å²) in [5.41, 5.74) is 7.09. The van der Waals surface area contributed by atoms with E-state index in [1.165, 1.54) is 0 Å². The van der Waals surface area contributed by atoms with Gasteiger partial charge in [0, 0.05) is 11.8 Å². The molecule has 2 bridgehead atoms. The van der Waals surface area contributed by atoms with Crippen molar-refractivity contribution >= 4 is 15.8 Å². The van der Waals surface area contributed by atoms with E-state index in [0.29, 0.717) is 12.8 Å². The summed E-state index contributed by atoms with van der Waals surface area (Å²) in [6.45, 7) is 4.10. The smallest absolute Gasteiger partial charge is 0.213 e. The Labute approximate surface area is 179 Å². The first-order valence-corrected chi connectivity index (χ1v) is 12.2. The SMILES string of the molecule is CC1(C)C2CC[C@]1(CS(=O)(=O)N[C@@H](c1ccccc1)[C@@H](N)c1ccccc1)C(=O)C2. The zero-order chi connectivity index (χ0) is 21.6. The minimum Gasteiger partial charge on any atom is -0.322 e. The Morgan fingerprint density at radius 2 is 1.60 bits per heavy atom. The van der Waals surface area contributed by atoms with Crippen molar-refractivity contribution in [2.75, 3.05) is 5.75 Å². The Bertz CT molecular complexity index is 1020. The Morgan fingerprint density at radius 3 is 2.10 bits per heavy atom. The molecule has 30 heavy (non-hydrogen) atoms. The van der Waals surface area contributed by atoms with Crippen LogP contribution in [0.3, 0.4) is 0 Å². The predicted octanol–water partition coefficient (Wildman–Crippen LogP) is 3.74. The topological polar surface area (TPSA) is 89.3 Å². The van der Waals surface area contributed by atoms with Gasteiger partial charge in [-0.05, 0) is 35.3 Å². The maximum Gasteiger partial charge on any atom is 0.213 e. The van der Waals surface area contributed by atoms with Crippen LogP contribution in [0.1, 0.15) is 56.3 Å². The lowest BCUT2D eigenvalue weighted by molar-refractivity contribution is -0.128. The second kappa shape index (κ2) is 7.59. The van der Waals surface area contributed by atoms with Gasteiger partial charge in [-0.15, -0.1) is 0 Å². The third-order valence-electron chi connectivity index (χ3n) is 7.58. The van der Waals surface area contributed by atoms with E-state index in [1.54, 1.807) is 0 Å². The highest BCUT2D eigenvalue weighted by atomic mass is 32.2. The molecule has 4 rings (SSSR count). The molecule has 0 heterocycles. The number of hydrogen-bond acceptors (Lipinski definition) is 4. The van der Waals surface area contributed by atoms with Crippen LogP contribution < -0.4 is 10.5 Å². The maximum absolute atomic E-state index is 13.4. The first-order valence-electron chi connectivity index (χ1n) is 10.6. The zero-order valence-corrected chi connectivity index (χ0v) is 18.4. The van der Waals surface area contributed by atoms with E-state index < -0.39 is 27.5 Å². The number of ketones is 1. The van der Waals surface area contributed by atoms with E-state index >= 15 is 0 Å². The van der Waals surface area contributed by atoms with Crippen molar-refractivity contribution in [3.05, 3.63) is 71.8 Å². The first-order chi connectivity index (χ1) is 14.2. The summed E-state index contributed by atoms with van der Waals surface area (Å²) in [4.78, 5) is 12.8. The third kappa shape index (κ3) is 3.51. The van der Waals surface area contributed by atoms with Crippen molar-refractivity contribution in [2.24, 2.45) is 22.5 Å². The molecule has 0 aromatic heterocycles. The summed E-state index contributed by atoms with van der Waals surface area (Å²) >= 11 is 0. The van der Waals surface area contributed by atoms with Gasteiger partial charge in [0.15, 0.2) is 0 Å². The van der Waals surface area contributed by atoms with Gasteiger partial charge >= 0.3 is 0 Å². The van der Waals surface area contributed by atoms with Gasteiger partial charge in [0.1, 0.15) is 5.78 Å². The number of fused-ring (bicyclic) bond motifs is 2. The number of nitrogens with one attached hydrogen (secondary N) is 1. The highest BCUT2D eigenvalue weighted by Gasteiger charge is 2.65. The number of hydrogen-bond donors (Lipinski definition) is 2. The van der Waals surface area contributed by atoms with Crippen LogP contribution in [0.4, 0.5) is 0 Å². The monoisotopic (exact) mass is 426 g/mol. The quantitative estimate of drug-likeness (QED) is 0.706.